The highest BCUT2D eigenvalue weighted by Crippen LogP contribution is 2.23. The molecule has 8 N–H and O–H groups in total. The Balaban J connectivity index is 2.36. The van der Waals surface area contributed by atoms with Crippen LogP contribution in [0.3, 0.4) is 0 Å². The second-order valence-electron chi connectivity index (χ2n) is 19.6. The molecule has 0 aromatic carbocycles. The number of rotatable bonds is 47. The number of ether oxygens (including phenoxy) is 2. The molecule has 398 valence electrons. The molecule has 0 aromatic rings. The minimum absolute atomic E-state index is 0.237. The third kappa shape index (κ3) is 34.4. The molecular weight excluding hydrogens is 859 g/mol. The van der Waals surface area contributed by atoms with Gasteiger partial charge in [0.2, 0.25) is 5.91 Å². The Morgan fingerprint density at radius 2 is 0.926 bits per heavy atom. The molecule has 1 amide bonds. The Morgan fingerprint density at radius 1 is 0.515 bits per heavy atom. The van der Waals surface area contributed by atoms with Gasteiger partial charge in [0, 0.05) is 0 Å². The summed E-state index contributed by atoms with van der Waals surface area (Å²) >= 11 is 0. The van der Waals surface area contributed by atoms with Crippen LogP contribution in [0.1, 0.15) is 239 Å². The van der Waals surface area contributed by atoms with Crippen molar-refractivity contribution in [3.63, 3.8) is 0 Å². The number of hydrogen-bond donors (Lipinski definition) is 8. The van der Waals surface area contributed by atoms with Crippen molar-refractivity contribution in [2.24, 2.45) is 0 Å². The molecule has 11 nitrogen and oxygen atoms in total. The van der Waals surface area contributed by atoms with E-state index in [4.69, 9.17) is 9.47 Å². The molecule has 1 aliphatic heterocycles. The minimum Gasteiger partial charge on any atom is -0.394 e. The summed E-state index contributed by atoms with van der Waals surface area (Å²) in [6, 6.07) is -1.20. The number of unbranched alkanes of at least 4 members (excludes halogenated alkanes) is 27. The molecule has 0 bridgehead atoms. The molecule has 11 heteroatoms. The number of hydrogen-bond acceptors (Lipinski definition) is 10. The van der Waals surface area contributed by atoms with Gasteiger partial charge in [-0.1, -0.05) is 204 Å². The molecule has 1 aliphatic rings. The molecule has 1 heterocycles. The maximum absolute atomic E-state index is 13.1. The molecule has 68 heavy (non-hydrogen) atoms. The van der Waals surface area contributed by atoms with Crippen LogP contribution in [-0.4, -0.2) is 110 Å². The van der Waals surface area contributed by atoms with Gasteiger partial charge >= 0.3 is 0 Å². The van der Waals surface area contributed by atoms with Crippen molar-refractivity contribution >= 4 is 5.91 Å². The topological polar surface area (TPSA) is 189 Å². The molecule has 1 fully saturated rings. The maximum Gasteiger partial charge on any atom is 0.249 e. The molecule has 0 spiro atoms. The summed E-state index contributed by atoms with van der Waals surface area (Å²) in [6.07, 6.45) is 45.9. The molecule has 9 atom stereocenters. The van der Waals surface area contributed by atoms with Crippen molar-refractivity contribution < 1.29 is 50.0 Å². The predicted molar refractivity (Wildman–Crippen MR) is 279 cm³/mol. The van der Waals surface area contributed by atoms with E-state index in [0.717, 1.165) is 70.6 Å². The summed E-state index contributed by atoms with van der Waals surface area (Å²) in [6.45, 7) is 3.41. The fourth-order valence-corrected chi connectivity index (χ4v) is 8.72. The number of aliphatic hydroxyl groups excluding tert-OH is 7. The zero-order valence-electron chi connectivity index (χ0n) is 43.3. The number of carbonyl (C=O) groups is 1. The lowest BCUT2D eigenvalue weighted by atomic mass is 9.98. The van der Waals surface area contributed by atoms with Crippen molar-refractivity contribution in [2.45, 2.75) is 294 Å². The summed E-state index contributed by atoms with van der Waals surface area (Å²) in [5, 5.41) is 76.0. The van der Waals surface area contributed by atoms with Crippen molar-refractivity contribution in [3.05, 3.63) is 48.6 Å². The van der Waals surface area contributed by atoms with Gasteiger partial charge in [0.15, 0.2) is 6.29 Å². The van der Waals surface area contributed by atoms with Gasteiger partial charge in [-0.2, -0.15) is 0 Å². The quantitative estimate of drug-likeness (QED) is 0.0215. The number of amides is 1. The summed E-state index contributed by atoms with van der Waals surface area (Å²) in [5.74, 6) is -0.719. The predicted octanol–water partition coefficient (Wildman–Crippen LogP) is 11.3. The summed E-state index contributed by atoms with van der Waals surface area (Å²) in [7, 11) is 0. The van der Waals surface area contributed by atoms with Crippen LogP contribution in [-0.2, 0) is 14.3 Å². The molecule has 0 aromatic heterocycles. The van der Waals surface area contributed by atoms with Crippen LogP contribution in [0, 0.1) is 0 Å². The van der Waals surface area contributed by atoms with E-state index in [9.17, 15) is 40.5 Å². The van der Waals surface area contributed by atoms with Crippen molar-refractivity contribution in [1.82, 2.24) is 5.32 Å². The van der Waals surface area contributed by atoms with Crippen LogP contribution in [0.2, 0.25) is 0 Å². The first kappa shape index (κ1) is 64.1. The van der Waals surface area contributed by atoms with E-state index in [0.29, 0.717) is 19.3 Å². The molecule has 0 saturated carbocycles. The summed E-state index contributed by atoms with van der Waals surface area (Å²) in [4.78, 5) is 13.1. The lowest BCUT2D eigenvalue weighted by molar-refractivity contribution is -0.303. The second kappa shape index (κ2) is 46.2. The largest absolute Gasteiger partial charge is 0.394 e. The molecule has 1 rings (SSSR count). The van der Waals surface area contributed by atoms with Gasteiger partial charge in [-0.15, -0.1) is 0 Å². The van der Waals surface area contributed by atoms with Gasteiger partial charge in [0.05, 0.1) is 25.4 Å². The Morgan fingerprint density at radius 3 is 1.43 bits per heavy atom. The van der Waals surface area contributed by atoms with E-state index in [2.05, 4.69) is 67.8 Å². The minimum atomic E-state index is -1.67. The van der Waals surface area contributed by atoms with E-state index < -0.39 is 74.2 Å². The highest BCUT2D eigenvalue weighted by Gasteiger charge is 2.44. The average molecular weight is 964 g/mol. The Labute approximate surface area is 415 Å². The van der Waals surface area contributed by atoms with Gasteiger partial charge < -0.3 is 50.5 Å². The highest BCUT2D eigenvalue weighted by atomic mass is 16.7. The van der Waals surface area contributed by atoms with Crippen LogP contribution in [0.15, 0.2) is 48.6 Å². The first-order valence-corrected chi connectivity index (χ1v) is 28.0. The molecule has 1 saturated heterocycles. The van der Waals surface area contributed by atoms with E-state index in [1.807, 2.05) is 0 Å². The van der Waals surface area contributed by atoms with Gasteiger partial charge in [0.1, 0.15) is 36.6 Å². The third-order valence-electron chi connectivity index (χ3n) is 13.3. The van der Waals surface area contributed by atoms with Crippen LogP contribution >= 0.6 is 0 Å². The lowest BCUT2D eigenvalue weighted by Crippen LogP contribution is -2.60. The van der Waals surface area contributed by atoms with Gasteiger partial charge in [-0.25, -0.2) is 0 Å². The van der Waals surface area contributed by atoms with E-state index >= 15 is 0 Å². The van der Waals surface area contributed by atoms with Crippen molar-refractivity contribution in [3.8, 4) is 0 Å². The first-order chi connectivity index (χ1) is 33.2. The van der Waals surface area contributed by atoms with Gasteiger partial charge in [0.25, 0.3) is 0 Å². The van der Waals surface area contributed by atoms with E-state index in [1.54, 1.807) is 0 Å². The summed E-state index contributed by atoms with van der Waals surface area (Å²) in [5.41, 5.74) is 0. The van der Waals surface area contributed by atoms with E-state index in [1.165, 1.54) is 122 Å². The fourth-order valence-electron chi connectivity index (χ4n) is 8.72. The van der Waals surface area contributed by atoms with Crippen molar-refractivity contribution in [2.75, 3.05) is 13.2 Å². The van der Waals surface area contributed by atoms with Crippen LogP contribution in [0.4, 0.5) is 0 Å². The van der Waals surface area contributed by atoms with Gasteiger partial charge in [-0.3, -0.25) is 4.79 Å². The number of carbonyl (C=O) groups excluding carboxylic acids is 1. The third-order valence-corrected chi connectivity index (χ3v) is 13.3. The molecule has 0 radical (unpaired) electrons. The summed E-state index contributed by atoms with van der Waals surface area (Å²) < 4.78 is 11.1. The van der Waals surface area contributed by atoms with Crippen LogP contribution < -0.4 is 5.32 Å². The highest BCUT2D eigenvalue weighted by molar-refractivity contribution is 5.80. The average Bonchev–Trinajstić information content (AvgIpc) is 3.34. The Bertz CT molecular complexity index is 1240. The molecular formula is C57H105NO10. The molecule has 0 aliphatic carbocycles. The zero-order chi connectivity index (χ0) is 49.7. The van der Waals surface area contributed by atoms with Crippen LogP contribution in [0.5, 0.6) is 0 Å². The monoisotopic (exact) mass is 964 g/mol. The van der Waals surface area contributed by atoms with Gasteiger partial charge in [-0.05, 0) is 83.5 Å². The number of nitrogens with one attached hydrogen (secondary N) is 1. The zero-order valence-corrected chi connectivity index (χ0v) is 43.3. The Kier molecular flexibility index (Phi) is 43.5. The Hall–Kier alpha value is -1.93. The second-order valence-corrected chi connectivity index (χ2v) is 19.6. The number of aliphatic hydroxyl groups is 7. The SMILES string of the molecule is CCCCC/C=C\C/C=C\CCCCCCCCC(O)C(=O)NC(COC1OC(CO)C(O)C(O)C1O)C(O)C(O)CCC/C=C/CC/C=C/CCCCCCCCCCCCCCCCCC. The lowest BCUT2D eigenvalue weighted by Gasteiger charge is -2.40. The standard InChI is InChI=1S/C57H105NO10/c1-3-5-7-9-11-13-15-17-19-21-22-23-24-25-26-27-28-29-31-32-34-36-38-40-42-44-49(60)52(62)48(47-67-57-55(65)54(64)53(63)51(46-59)68-57)58-56(66)50(61)45-43-41-39-37-35-33-30-20-18-16-14-12-10-8-6-4-2/h12,14,18,20,29,31,36,38,48-55,57,59-65H,3-11,13,15-17,19,21-28,30,32-35,37,39-47H2,1-2H3,(H,58,66)/b14-12-,20-18-,31-29+,38-36+. The number of allylic oxidation sites excluding steroid dienone is 8. The first-order valence-electron chi connectivity index (χ1n) is 28.0. The fraction of sp³-hybridized carbons (Fsp3) is 0.842. The maximum atomic E-state index is 13.1. The van der Waals surface area contributed by atoms with Crippen LogP contribution in [0.25, 0.3) is 0 Å². The molecule has 9 unspecified atom stereocenters. The van der Waals surface area contributed by atoms with Crippen molar-refractivity contribution in [1.29, 1.82) is 0 Å². The normalized spacial score (nSPS) is 20.9. The van der Waals surface area contributed by atoms with E-state index in [-0.39, 0.29) is 12.8 Å². The smallest absolute Gasteiger partial charge is 0.249 e.